The summed E-state index contributed by atoms with van der Waals surface area (Å²) in [6.07, 6.45) is 47.0. The Morgan fingerprint density at radius 2 is 0.696 bits per heavy atom. The molecule has 0 unspecified atom stereocenters. The molecule has 0 spiro atoms. The van der Waals surface area contributed by atoms with Gasteiger partial charge in [0.25, 0.3) is 0 Å². The zero-order valence-corrected chi connectivity index (χ0v) is 45.5. The van der Waals surface area contributed by atoms with Crippen LogP contribution in [0, 0.1) is 0 Å². The number of hydrogen-bond acceptors (Lipinski definition) is 10. The van der Waals surface area contributed by atoms with Crippen molar-refractivity contribution in [3.8, 4) is 0 Å². The molecule has 2 atom stereocenters. The van der Waals surface area contributed by atoms with E-state index in [4.69, 9.17) is 32.4 Å². The number of carbonyl (C=O) groups excluding carboxylic acids is 4. The minimum Gasteiger partial charge on any atom is -0.466 e. The average Bonchev–Trinajstić information content (AvgIpc) is 3.34. The summed E-state index contributed by atoms with van der Waals surface area (Å²) in [5, 5.41) is 0. The maximum atomic E-state index is 13.4. The van der Waals surface area contributed by atoms with Crippen molar-refractivity contribution in [1.29, 1.82) is 0 Å². The molecule has 0 heterocycles. The van der Waals surface area contributed by atoms with E-state index >= 15 is 0 Å². The van der Waals surface area contributed by atoms with Crippen LogP contribution in [-0.4, -0.2) is 98.1 Å². The summed E-state index contributed by atoms with van der Waals surface area (Å²) in [5.74, 6) is -1.09. The summed E-state index contributed by atoms with van der Waals surface area (Å²) < 4.78 is 11.1. The largest absolute Gasteiger partial charge is 0.466 e. The highest BCUT2D eigenvalue weighted by Crippen LogP contribution is 2.14. The van der Waals surface area contributed by atoms with Crippen LogP contribution in [-0.2, 0) is 28.7 Å². The molecule has 69 heavy (non-hydrogen) atoms. The Kier molecular flexibility index (Phi) is 53.0. The van der Waals surface area contributed by atoms with E-state index in [9.17, 15) is 19.2 Å². The Hall–Kier alpha value is -2.51. The van der Waals surface area contributed by atoms with Gasteiger partial charge in [0.1, 0.15) is 0 Å². The van der Waals surface area contributed by atoms with Gasteiger partial charge >= 0.3 is 11.9 Å². The van der Waals surface area contributed by atoms with Gasteiger partial charge in [0.15, 0.2) is 0 Å². The van der Waals surface area contributed by atoms with Crippen LogP contribution in [0.2, 0.25) is 0 Å². The highest BCUT2D eigenvalue weighted by Gasteiger charge is 2.24. The van der Waals surface area contributed by atoms with E-state index in [0.717, 1.165) is 51.4 Å². The Bertz CT molecular complexity index is 1150. The molecule has 13 heteroatoms. The second-order valence-corrected chi connectivity index (χ2v) is 19.2. The van der Waals surface area contributed by atoms with Crippen LogP contribution in [0.3, 0.4) is 0 Å². The van der Waals surface area contributed by atoms with E-state index in [1.54, 1.807) is 9.80 Å². The molecule has 406 valence electrons. The molecule has 0 saturated heterocycles. The summed E-state index contributed by atoms with van der Waals surface area (Å²) >= 11 is 0. The Balaban J connectivity index is 0. The van der Waals surface area contributed by atoms with Gasteiger partial charge < -0.3 is 42.2 Å². The third-order valence-corrected chi connectivity index (χ3v) is 12.8. The molecule has 0 rings (SSSR count). The molecule has 0 aromatic heterocycles. The predicted octanol–water partition coefficient (Wildman–Crippen LogP) is 11.9. The SMILES string of the molecule is CCCCCCCC/C=C\CCCCCCCCOC(=O)CCN(CCCCN(CCC(=O)OCCCCCCCC/C=C\CCCCCCCC)C(=O)[C@@H](N)CCCN)C(=O)[C@@H](N)CCCN.Cl. The highest BCUT2D eigenvalue weighted by molar-refractivity contribution is 5.85. The van der Waals surface area contributed by atoms with Crippen molar-refractivity contribution in [1.82, 2.24) is 9.80 Å². The number of nitrogens with zero attached hydrogens (tertiary/aromatic N) is 2. The first-order valence-electron chi connectivity index (χ1n) is 28.3. The van der Waals surface area contributed by atoms with Crippen molar-refractivity contribution in [2.75, 3.05) is 52.5 Å². The first-order valence-corrected chi connectivity index (χ1v) is 28.3. The minimum absolute atomic E-state index is 0. The molecule has 0 aliphatic heterocycles. The second kappa shape index (κ2) is 53.3. The fraction of sp³-hybridized carbons (Fsp3) is 0.857. The molecule has 0 saturated carbocycles. The molecular weight excluding hydrogens is 888 g/mol. The predicted molar refractivity (Wildman–Crippen MR) is 292 cm³/mol. The van der Waals surface area contributed by atoms with Crippen molar-refractivity contribution >= 4 is 36.2 Å². The number of nitrogens with two attached hydrogens (primary N) is 4. The standard InChI is InChI=1S/C56H108N6O6.ClH/c1-3-5-7-9-11-13-15-17-19-21-23-25-27-29-31-35-49-67-53(63)41-47-61(55(65)51(59)39-37-43-57)45-33-34-46-62(56(66)52(60)40-38-44-58)48-42-54(64)68-50-36-32-30-28-26-24-22-20-18-16-14-12-10-8-6-4-2;/h17-20,51-52H,3-16,21-50,57-60H2,1-2H3;1H/b19-17-,20-18-;/t51-,52-;/m0./s1. The van der Waals surface area contributed by atoms with Crippen LogP contribution >= 0.6 is 12.4 Å². The number of ether oxygens (including phenoxy) is 2. The molecule has 0 aliphatic rings. The van der Waals surface area contributed by atoms with Gasteiger partial charge in [0, 0.05) is 26.2 Å². The number of carbonyl (C=O) groups is 4. The number of amides is 2. The number of unbranched alkanes of at least 4 members (excludes halogenated alkanes) is 25. The summed E-state index contributed by atoms with van der Waals surface area (Å²) in [6, 6.07) is -1.42. The van der Waals surface area contributed by atoms with E-state index in [1.807, 2.05) is 0 Å². The quantitative estimate of drug-likeness (QED) is 0.0258. The zero-order chi connectivity index (χ0) is 50.0. The molecule has 0 fully saturated rings. The summed E-state index contributed by atoms with van der Waals surface area (Å²) in [7, 11) is 0. The molecule has 0 bridgehead atoms. The highest BCUT2D eigenvalue weighted by atomic mass is 35.5. The molecular formula is C56H109ClN6O6. The van der Waals surface area contributed by atoms with E-state index in [2.05, 4.69) is 38.2 Å². The smallest absolute Gasteiger partial charge is 0.307 e. The fourth-order valence-corrected chi connectivity index (χ4v) is 8.33. The first kappa shape index (κ1) is 68.6. The van der Waals surface area contributed by atoms with Crippen molar-refractivity contribution in [2.45, 2.75) is 257 Å². The molecule has 0 aliphatic carbocycles. The van der Waals surface area contributed by atoms with Crippen LogP contribution in [0.5, 0.6) is 0 Å². The topological polar surface area (TPSA) is 197 Å². The van der Waals surface area contributed by atoms with Gasteiger partial charge in [0.05, 0.1) is 38.1 Å². The maximum absolute atomic E-state index is 13.4. The van der Waals surface area contributed by atoms with E-state index in [0.29, 0.717) is 77.9 Å². The Labute approximate surface area is 429 Å². The van der Waals surface area contributed by atoms with Gasteiger partial charge in [-0.05, 0) is 116 Å². The van der Waals surface area contributed by atoms with Crippen molar-refractivity contribution in [3.63, 3.8) is 0 Å². The number of rotatable bonds is 51. The van der Waals surface area contributed by atoms with E-state index < -0.39 is 12.1 Å². The van der Waals surface area contributed by atoms with Crippen LogP contribution < -0.4 is 22.9 Å². The minimum atomic E-state index is -0.711. The molecule has 0 aromatic carbocycles. The van der Waals surface area contributed by atoms with Crippen molar-refractivity contribution < 1.29 is 28.7 Å². The maximum Gasteiger partial charge on any atom is 0.307 e. The van der Waals surface area contributed by atoms with Gasteiger partial charge in [-0.2, -0.15) is 0 Å². The number of halogens is 1. The molecule has 12 nitrogen and oxygen atoms in total. The van der Waals surface area contributed by atoms with Crippen molar-refractivity contribution in [3.05, 3.63) is 24.3 Å². The van der Waals surface area contributed by atoms with Crippen LogP contribution in [0.25, 0.3) is 0 Å². The fourth-order valence-electron chi connectivity index (χ4n) is 8.33. The van der Waals surface area contributed by atoms with Crippen molar-refractivity contribution in [2.24, 2.45) is 22.9 Å². The normalized spacial score (nSPS) is 12.3. The lowest BCUT2D eigenvalue weighted by Gasteiger charge is -2.28. The lowest BCUT2D eigenvalue weighted by Crippen LogP contribution is -2.46. The van der Waals surface area contributed by atoms with Gasteiger partial charge in [-0.15, -0.1) is 12.4 Å². The molecule has 0 radical (unpaired) electrons. The number of allylic oxidation sites excluding steroid dienone is 4. The van der Waals surface area contributed by atoms with Gasteiger partial charge in [-0.3, -0.25) is 19.2 Å². The third-order valence-electron chi connectivity index (χ3n) is 12.8. The lowest BCUT2D eigenvalue weighted by molar-refractivity contribution is -0.146. The van der Waals surface area contributed by atoms with Crippen LogP contribution in [0.4, 0.5) is 0 Å². The van der Waals surface area contributed by atoms with Crippen LogP contribution in [0.15, 0.2) is 24.3 Å². The monoisotopic (exact) mass is 997 g/mol. The molecule has 8 N–H and O–H groups in total. The Morgan fingerprint density at radius 1 is 0.406 bits per heavy atom. The average molecular weight is 998 g/mol. The van der Waals surface area contributed by atoms with E-state index in [-0.39, 0.29) is 62.1 Å². The number of hydrogen-bond donors (Lipinski definition) is 4. The summed E-state index contributed by atoms with van der Waals surface area (Å²) in [6.45, 7) is 7.31. The van der Waals surface area contributed by atoms with Crippen LogP contribution in [0.1, 0.15) is 245 Å². The number of esters is 2. The van der Waals surface area contributed by atoms with Gasteiger partial charge in [-0.25, -0.2) is 0 Å². The Morgan fingerprint density at radius 3 is 1.00 bits per heavy atom. The molecule has 2 amide bonds. The third kappa shape index (κ3) is 45.1. The molecule has 0 aromatic rings. The van der Waals surface area contributed by atoms with Gasteiger partial charge in [0.2, 0.25) is 11.8 Å². The second-order valence-electron chi connectivity index (χ2n) is 19.2. The summed E-state index contributed by atoms with van der Waals surface area (Å²) in [4.78, 5) is 55.6. The van der Waals surface area contributed by atoms with Gasteiger partial charge in [-0.1, -0.05) is 154 Å². The first-order chi connectivity index (χ1) is 33.2. The zero-order valence-electron chi connectivity index (χ0n) is 44.6. The van der Waals surface area contributed by atoms with E-state index in [1.165, 1.54) is 128 Å². The summed E-state index contributed by atoms with van der Waals surface area (Å²) in [5.41, 5.74) is 23.9. The lowest BCUT2D eigenvalue weighted by atomic mass is 10.1.